The van der Waals surface area contributed by atoms with Crippen molar-refractivity contribution in [2.75, 3.05) is 6.54 Å². The summed E-state index contributed by atoms with van der Waals surface area (Å²) in [5.74, 6) is -0.833. The minimum atomic E-state index is -0.906. The lowest BCUT2D eigenvalue weighted by molar-refractivity contribution is -0.129. The van der Waals surface area contributed by atoms with Gasteiger partial charge in [-0.3, -0.25) is 4.79 Å². The zero-order valence-electron chi connectivity index (χ0n) is 14.1. The molecule has 6 heteroatoms. The number of nitrogens with zero attached hydrogens (tertiary/aromatic N) is 1. The molecule has 24 heavy (non-hydrogen) atoms. The summed E-state index contributed by atoms with van der Waals surface area (Å²) in [6.45, 7) is 5.78. The van der Waals surface area contributed by atoms with Gasteiger partial charge in [-0.1, -0.05) is 42.4 Å². The number of nitrogens with one attached hydrogen (secondary N) is 1. The molecule has 0 saturated carbocycles. The molecule has 1 aromatic carbocycles. The van der Waals surface area contributed by atoms with Crippen LogP contribution in [0.15, 0.2) is 40.9 Å². The first kappa shape index (κ1) is 17.7. The standard InChI is InChI=1S/C18H22N2O4/c1-4-14(15-8-6-5-7-9-15)11-19-17(21)13(3)23-18(22)16-10-12(2)20-24-16/h5-10,13-14H,4,11H2,1-3H3,(H,19,21)/t13-,14+/m1/s1. The van der Waals surface area contributed by atoms with Gasteiger partial charge in [0.05, 0.1) is 5.69 Å². The Morgan fingerprint density at radius 2 is 2.00 bits per heavy atom. The van der Waals surface area contributed by atoms with Crippen molar-refractivity contribution in [3.8, 4) is 0 Å². The SMILES string of the molecule is CC[C@@H](CNC(=O)[C@@H](C)OC(=O)c1cc(C)no1)c1ccccc1. The molecule has 1 heterocycles. The van der Waals surface area contributed by atoms with Gasteiger partial charge in [0.25, 0.3) is 5.91 Å². The molecule has 128 valence electrons. The minimum Gasteiger partial charge on any atom is -0.447 e. The Hall–Kier alpha value is -2.63. The summed E-state index contributed by atoms with van der Waals surface area (Å²) >= 11 is 0. The van der Waals surface area contributed by atoms with E-state index in [9.17, 15) is 9.59 Å². The first-order valence-electron chi connectivity index (χ1n) is 7.98. The van der Waals surface area contributed by atoms with Crippen LogP contribution in [-0.4, -0.2) is 29.7 Å². The highest BCUT2D eigenvalue weighted by atomic mass is 16.6. The normalized spacial score (nSPS) is 13.1. The van der Waals surface area contributed by atoms with Gasteiger partial charge in [0, 0.05) is 18.5 Å². The van der Waals surface area contributed by atoms with Gasteiger partial charge in [-0.15, -0.1) is 0 Å². The summed E-state index contributed by atoms with van der Waals surface area (Å²) in [5.41, 5.74) is 1.75. The first-order chi connectivity index (χ1) is 11.5. The Balaban J connectivity index is 1.86. The van der Waals surface area contributed by atoms with Crippen LogP contribution in [0.5, 0.6) is 0 Å². The molecule has 0 radical (unpaired) electrons. The molecule has 0 aliphatic heterocycles. The van der Waals surface area contributed by atoms with Crippen LogP contribution >= 0.6 is 0 Å². The minimum absolute atomic E-state index is 0.0112. The van der Waals surface area contributed by atoms with E-state index >= 15 is 0 Å². The number of carbonyl (C=O) groups excluding carboxylic acids is 2. The molecular formula is C18H22N2O4. The summed E-state index contributed by atoms with van der Waals surface area (Å²) < 4.78 is 9.92. The Bertz CT molecular complexity index is 681. The number of aromatic nitrogens is 1. The van der Waals surface area contributed by atoms with Crippen LogP contribution in [0.1, 0.15) is 48.0 Å². The van der Waals surface area contributed by atoms with E-state index < -0.39 is 12.1 Å². The van der Waals surface area contributed by atoms with E-state index in [2.05, 4.69) is 17.4 Å². The number of hydrogen-bond acceptors (Lipinski definition) is 5. The lowest BCUT2D eigenvalue weighted by atomic mass is 9.96. The molecule has 2 atom stereocenters. The van der Waals surface area contributed by atoms with Gasteiger partial charge in [-0.25, -0.2) is 4.79 Å². The number of hydrogen-bond donors (Lipinski definition) is 1. The third-order valence-electron chi connectivity index (χ3n) is 3.77. The van der Waals surface area contributed by atoms with Crippen LogP contribution in [-0.2, 0) is 9.53 Å². The van der Waals surface area contributed by atoms with E-state index in [1.807, 2.05) is 30.3 Å². The highest BCUT2D eigenvalue weighted by molar-refractivity contribution is 5.89. The van der Waals surface area contributed by atoms with Gasteiger partial charge < -0.3 is 14.6 Å². The van der Waals surface area contributed by atoms with E-state index in [1.54, 1.807) is 6.92 Å². The van der Waals surface area contributed by atoms with Crippen molar-refractivity contribution in [3.05, 3.63) is 53.4 Å². The van der Waals surface area contributed by atoms with Crippen molar-refractivity contribution in [2.45, 2.75) is 39.2 Å². The second-order valence-corrected chi connectivity index (χ2v) is 5.64. The van der Waals surface area contributed by atoms with Crippen molar-refractivity contribution >= 4 is 11.9 Å². The fraction of sp³-hybridized carbons (Fsp3) is 0.389. The molecule has 0 saturated heterocycles. The molecule has 6 nitrogen and oxygen atoms in total. The number of rotatable bonds is 7. The number of amides is 1. The molecular weight excluding hydrogens is 308 g/mol. The van der Waals surface area contributed by atoms with E-state index in [0.717, 1.165) is 6.42 Å². The number of ether oxygens (including phenoxy) is 1. The fourth-order valence-electron chi connectivity index (χ4n) is 2.32. The third-order valence-corrected chi connectivity index (χ3v) is 3.77. The zero-order valence-corrected chi connectivity index (χ0v) is 14.1. The van der Waals surface area contributed by atoms with Crippen LogP contribution in [0.25, 0.3) is 0 Å². The van der Waals surface area contributed by atoms with E-state index in [1.165, 1.54) is 18.6 Å². The molecule has 0 fully saturated rings. The highest BCUT2D eigenvalue weighted by Crippen LogP contribution is 2.18. The molecule has 0 unspecified atom stereocenters. The van der Waals surface area contributed by atoms with Crippen molar-refractivity contribution < 1.29 is 18.8 Å². The van der Waals surface area contributed by atoms with Crippen molar-refractivity contribution in [1.82, 2.24) is 10.5 Å². The number of benzene rings is 1. The Morgan fingerprint density at radius 3 is 2.58 bits per heavy atom. The fourth-order valence-corrected chi connectivity index (χ4v) is 2.32. The highest BCUT2D eigenvalue weighted by Gasteiger charge is 2.22. The Labute approximate surface area is 141 Å². The predicted molar refractivity (Wildman–Crippen MR) is 88.6 cm³/mol. The van der Waals surface area contributed by atoms with Gasteiger partial charge in [0.1, 0.15) is 0 Å². The number of carbonyl (C=O) groups is 2. The second-order valence-electron chi connectivity index (χ2n) is 5.64. The maximum atomic E-state index is 12.1. The van der Waals surface area contributed by atoms with Crippen LogP contribution < -0.4 is 5.32 Å². The molecule has 1 N–H and O–H groups in total. The molecule has 2 aromatic rings. The molecule has 0 aliphatic rings. The van der Waals surface area contributed by atoms with Gasteiger partial charge in [0.2, 0.25) is 5.76 Å². The molecule has 2 rings (SSSR count). The molecule has 0 aliphatic carbocycles. The Morgan fingerprint density at radius 1 is 1.29 bits per heavy atom. The van der Waals surface area contributed by atoms with Crippen LogP contribution in [0.4, 0.5) is 0 Å². The van der Waals surface area contributed by atoms with E-state index in [4.69, 9.17) is 9.26 Å². The lowest BCUT2D eigenvalue weighted by Crippen LogP contribution is -2.37. The summed E-state index contributed by atoms with van der Waals surface area (Å²) in [5, 5.41) is 6.45. The average Bonchev–Trinajstić information content (AvgIpc) is 3.02. The zero-order chi connectivity index (χ0) is 17.5. The summed E-state index contributed by atoms with van der Waals surface area (Å²) in [6.07, 6.45) is -0.00769. The third kappa shape index (κ3) is 4.68. The van der Waals surface area contributed by atoms with Crippen LogP contribution in [0.3, 0.4) is 0 Å². The molecule has 1 aromatic heterocycles. The smallest absolute Gasteiger partial charge is 0.377 e. The van der Waals surface area contributed by atoms with Gasteiger partial charge in [-0.05, 0) is 25.8 Å². The number of aryl methyl sites for hydroxylation is 1. The second kappa shape index (κ2) is 8.29. The molecule has 0 spiro atoms. The maximum Gasteiger partial charge on any atom is 0.377 e. The van der Waals surface area contributed by atoms with Gasteiger partial charge in [-0.2, -0.15) is 0 Å². The van der Waals surface area contributed by atoms with Gasteiger partial charge >= 0.3 is 5.97 Å². The predicted octanol–water partition coefficient (Wildman–Crippen LogP) is 2.84. The maximum absolute atomic E-state index is 12.1. The monoisotopic (exact) mass is 330 g/mol. The quantitative estimate of drug-likeness (QED) is 0.790. The van der Waals surface area contributed by atoms with Gasteiger partial charge in [0.15, 0.2) is 6.10 Å². The number of esters is 1. The largest absolute Gasteiger partial charge is 0.447 e. The first-order valence-corrected chi connectivity index (χ1v) is 7.98. The van der Waals surface area contributed by atoms with E-state index in [0.29, 0.717) is 12.2 Å². The summed E-state index contributed by atoms with van der Waals surface area (Å²) in [7, 11) is 0. The lowest BCUT2D eigenvalue weighted by Gasteiger charge is -2.18. The van der Waals surface area contributed by atoms with Crippen LogP contribution in [0, 0.1) is 6.92 Å². The summed E-state index contributed by atoms with van der Waals surface area (Å²) in [6, 6.07) is 11.5. The molecule has 1 amide bonds. The van der Waals surface area contributed by atoms with E-state index in [-0.39, 0.29) is 17.6 Å². The van der Waals surface area contributed by atoms with Crippen molar-refractivity contribution in [3.63, 3.8) is 0 Å². The Kier molecular flexibility index (Phi) is 6.12. The molecule has 0 bridgehead atoms. The topological polar surface area (TPSA) is 81.4 Å². The average molecular weight is 330 g/mol. The van der Waals surface area contributed by atoms with Crippen molar-refractivity contribution in [1.29, 1.82) is 0 Å². The van der Waals surface area contributed by atoms with Crippen molar-refractivity contribution in [2.24, 2.45) is 0 Å². The summed E-state index contributed by atoms with van der Waals surface area (Å²) in [4.78, 5) is 24.0. The van der Waals surface area contributed by atoms with Crippen LogP contribution in [0.2, 0.25) is 0 Å².